The molecule has 0 bridgehead atoms. The number of hydrogen-bond acceptors (Lipinski definition) is 1. The molecule has 1 aromatic rings. The van der Waals surface area contributed by atoms with Crippen molar-refractivity contribution < 1.29 is 5.11 Å². The molecule has 1 fully saturated rings. The van der Waals surface area contributed by atoms with Gasteiger partial charge in [0, 0.05) is 5.41 Å². The van der Waals surface area contributed by atoms with Gasteiger partial charge in [0.05, 0.1) is 6.61 Å². The zero-order valence-corrected chi connectivity index (χ0v) is 9.66. The lowest BCUT2D eigenvalue weighted by atomic mass is 9.65. The zero-order chi connectivity index (χ0) is 10.9. The van der Waals surface area contributed by atoms with Crippen LogP contribution in [0.1, 0.15) is 50.2 Å². The number of rotatable bonds is 3. The molecule has 1 aliphatic rings. The molecular formula is C14H20O. The van der Waals surface area contributed by atoms with Crippen molar-refractivity contribution in [1.82, 2.24) is 0 Å². The van der Waals surface area contributed by atoms with Crippen molar-refractivity contribution in [3.05, 3.63) is 35.4 Å². The molecule has 0 aliphatic heterocycles. The Hall–Kier alpha value is -0.820. The van der Waals surface area contributed by atoms with Gasteiger partial charge >= 0.3 is 0 Å². The molecule has 82 valence electrons. The van der Waals surface area contributed by atoms with Crippen molar-refractivity contribution in [3.8, 4) is 0 Å². The monoisotopic (exact) mass is 204 g/mol. The third-order valence-electron chi connectivity index (χ3n) is 3.78. The normalized spacial score (nSPS) is 18.9. The van der Waals surface area contributed by atoms with Crippen LogP contribution in [0.4, 0.5) is 0 Å². The topological polar surface area (TPSA) is 20.2 Å². The lowest BCUT2D eigenvalue weighted by molar-refractivity contribution is 0.120. The second-order valence-corrected chi connectivity index (χ2v) is 5.07. The Morgan fingerprint density at radius 2 is 2.07 bits per heavy atom. The number of aliphatic hydroxyl groups is 1. The van der Waals surface area contributed by atoms with E-state index in [1.165, 1.54) is 17.5 Å². The van der Waals surface area contributed by atoms with Crippen molar-refractivity contribution in [2.45, 2.75) is 44.4 Å². The molecule has 1 aliphatic carbocycles. The number of hydrogen-bond donors (Lipinski definition) is 1. The van der Waals surface area contributed by atoms with Crippen LogP contribution in [0.3, 0.4) is 0 Å². The molecule has 0 saturated heterocycles. The van der Waals surface area contributed by atoms with Crippen LogP contribution in [-0.2, 0) is 5.41 Å². The zero-order valence-electron chi connectivity index (χ0n) is 9.66. The third kappa shape index (κ3) is 1.81. The van der Waals surface area contributed by atoms with Gasteiger partial charge in [0.1, 0.15) is 0 Å². The molecule has 0 heterocycles. The summed E-state index contributed by atoms with van der Waals surface area (Å²) in [5, 5.41) is 9.52. The fourth-order valence-electron chi connectivity index (χ4n) is 2.37. The average molecular weight is 204 g/mol. The Balaban J connectivity index is 2.31. The van der Waals surface area contributed by atoms with Crippen LogP contribution < -0.4 is 0 Å². The van der Waals surface area contributed by atoms with Gasteiger partial charge in [-0.3, -0.25) is 0 Å². The summed E-state index contributed by atoms with van der Waals surface area (Å²) in [4.78, 5) is 0. The molecule has 1 aromatic carbocycles. The van der Waals surface area contributed by atoms with E-state index in [4.69, 9.17) is 0 Å². The Morgan fingerprint density at radius 3 is 2.53 bits per heavy atom. The summed E-state index contributed by atoms with van der Waals surface area (Å²) in [5.74, 6) is 0.570. The van der Waals surface area contributed by atoms with Gasteiger partial charge in [0.25, 0.3) is 0 Å². The molecule has 1 N–H and O–H groups in total. The molecule has 1 saturated carbocycles. The maximum atomic E-state index is 9.52. The molecule has 0 aromatic heterocycles. The van der Waals surface area contributed by atoms with Crippen LogP contribution in [-0.4, -0.2) is 11.7 Å². The van der Waals surface area contributed by atoms with Gasteiger partial charge in [-0.25, -0.2) is 0 Å². The van der Waals surface area contributed by atoms with Crippen molar-refractivity contribution in [3.63, 3.8) is 0 Å². The minimum atomic E-state index is 0.0882. The Kier molecular flexibility index (Phi) is 2.83. The number of benzene rings is 1. The van der Waals surface area contributed by atoms with Gasteiger partial charge in [-0.05, 0) is 29.9 Å². The van der Waals surface area contributed by atoms with Crippen LogP contribution in [0.15, 0.2) is 24.3 Å². The molecule has 0 radical (unpaired) electrons. The second-order valence-electron chi connectivity index (χ2n) is 5.07. The van der Waals surface area contributed by atoms with Crippen LogP contribution in [0.5, 0.6) is 0 Å². The summed E-state index contributed by atoms with van der Waals surface area (Å²) in [7, 11) is 0. The molecule has 0 atom stereocenters. The predicted octanol–water partition coefficient (Wildman–Crippen LogP) is 3.22. The standard InChI is InChI=1S/C14H20O/c1-11(2)12-5-3-6-13(9-12)14(10-15)7-4-8-14/h3,5-6,9,11,15H,4,7-8,10H2,1-2H3. The van der Waals surface area contributed by atoms with E-state index >= 15 is 0 Å². The molecular weight excluding hydrogens is 184 g/mol. The van der Waals surface area contributed by atoms with E-state index in [-0.39, 0.29) is 5.41 Å². The number of aliphatic hydroxyl groups excluding tert-OH is 1. The maximum absolute atomic E-state index is 9.52. The first-order chi connectivity index (χ1) is 7.18. The summed E-state index contributed by atoms with van der Waals surface area (Å²) in [6, 6.07) is 8.75. The lowest BCUT2D eigenvalue weighted by Gasteiger charge is -2.41. The van der Waals surface area contributed by atoms with Crippen LogP contribution in [0.2, 0.25) is 0 Å². The fraction of sp³-hybridized carbons (Fsp3) is 0.571. The van der Waals surface area contributed by atoms with E-state index in [1.807, 2.05) is 0 Å². The summed E-state index contributed by atoms with van der Waals surface area (Å²) < 4.78 is 0. The highest BCUT2D eigenvalue weighted by atomic mass is 16.3. The minimum absolute atomic E-state index is 0.0882. The van der Waals surface area contributed by atoms with Gasteiger partial charge in [0.15, 0.2) is 0 Å². The highest BCUT2D eigenvalue weighted by Crippen LogP contribution is 2.43. The molecule has 2 rings (SSSR count). The van der Waals surface area contributed by atoms with E-state index in [9.17, 15) is 5.11 Å². The Morgan fingerprint density at radius 1 is 1.33 bits per heavy atom. The maximum Gasteiger partial charge on any atom is 0.0527 e. The Labute approximate surface area is 92.1 Å². The summed E-state index contributed by atoms with van der Waals surface area (Å²) >= 11 is 0. The molecule has 1 heteroatoms. The van der Waals surface area contributed by atoms with Crippen molar-refractivity contribution >= 4 is 0 Å². The fourth-order valence-corrected chi connectivity index (χ4v) is 2.37. The van der Waals surface area contributed by atoms with E-state index in [0.29, 0.717) is 12.5 Å². The van der Waals surface area contributed by atoms with Gasteiger partial charge in [-0.1, -0.05) is 44.5 Å². The highest BCUT2D eigenvalue weighted by molar-refractivity contribution is 5.33. The van der Waals surface area contributed by atoms with E-state index < -0.39 is 0 Å². The predicted molar refractivity (Wildman–Crippen MR) is 63.1 cm³/mol. The van der Waals surface area contributed by atoms with E-state index in [2.05, 4.69) is 38.1 Å². The van der Waals surface area contributed by atoms with Crippen molar-refractivity contribution in [2.75, 3.05) is 6.61 Å². The molecule has 0 unspecified atom stereocenters. The quantitative estimate of drug-likeness (QED) is 0.801. The first-order valence-electron chi connectivity index (χ1n) is 5.89. The molecule has 1 nitrogen and oxygen atoms in total. The third-order valence-corrected chi connectivity index (χ3v) is 3.78. The van der Waals surface area contributed by atoms with Crippen LogP contribution in [0, 0.1) is 0 Å². The summed E-state index contributed by atoms with van der Waals surface area (Å²) in [6.07, 6.45) is 3.54. The Bertz CT molecular complexity index is 331. The summed E-state index contributed by atoms with van der Waals surface area (Å²) in [5.41, 5.74) is 2.81. The van der Waals surface area contributed by atoms with Gasteiger partial charge in [0.2, 0.25) is 0 Å². The largest absolute Gasteiger partial charge is 0.395 e. The summed E-state index contributed by atoms with van der Waals surface area (Å²) in [6.45, 7) is 4.73. The molecule has 15 heavy (non-hydrogen) atoms. The first-order valence-corrected chi connectivity index (χ1v) is 5.89. The van der Waals surface area contributed by atoms with E-state index in [0.717, 1.165) is 12.8 Å². The van der Waals surface area contributed by atoms with E-state index in [1.54, 1.807) is 0 Å². The molecule has 0 amide bonds. The van der Waals surface area contributed by atoms with Crippen molar-refractivity contribution in [2.24, 2.45) is 0 Å². The van der Waals surface area contributed by atoms with Crippen molar-refractivity contribution in [1.29, 1.82) is 0 Å². The van der Waals surface area contributed by atoms with Crippen LogP contribution in [0.25, 0.3) is 0 Å². The molecule has 0 spiro atoms. The van der Waals surface area contributed by atoms with Crippen LogP contribution >= 0.6 is 0 Å². The lowest BCUT2D eigenvalue weighted by Crippen LogP contribution is -2.37. The highest BCUT2D eigenvalue weighted by Gasteiger charge is 2.37. The average Bonchev–Trinajstić information content (AvgIpc) is 2.17. The second kappa shape index (κ2) is 3.97. The first kappa shape index (κ1) is 10.7. The van der Waals surface area contributed by atoms with Gasteiger partial charge in [-0.15, -0.1) is 0 Å². The minimum Gasteiger partial charge on any atom is -0.395 e. The smallest absolute Gasteiger partial charge is 0.0527 e. The van der Waals surface area contributed by atoms with Gasteiger partial charge in [-0.2, -0.15) is 0 Å². The van der Waals surface area contributed by atoms with Gasteiger partial charge < -0.3 is 5.11 Å². The SMILES string of the molecule is CC(C)c1cccc(C2(CO)CCC2)c1.